The Morgan fingerprint density at radius 2 is 1.90 bits per heavy atom. The molecule has 3 heteroatoms. The lowest BCUT2D eigenvalue weighted by Gasteiger charge is -2.19. The molecule has 0 fully saturated rings. The third-order valence-corrected chi connectivity index (χ3v) is 1.60. The van der Waals surface area contributed by atoms with Crippen molar-refractivity contribution in [3.05, 3.63) is 0 Å². The van der Waals surface area contributed by atoms with Crippen LogP contribution in [0.4, 0.5) is 0 Å². The van der Waals surface area contributed by atoms with Crippen LogP contribution < -0.4 is 0 Å². The second-order valence-electron chi connectivity index (χ2n) is 2.13. The lowest BCUT2D eigenvalue weighted by atomic mass is 10.4. The first-order chi connectivity index (χ1) is 4.63. The van der Waals surface area contributed by atoms with Gasteiger partial charge >= 0.3 is 0 Å². The van der Waals surface area contributed by atoms with Crippen LogP contribution in [0, 0.1) is 0 Å². The molecule has 0 radical (unpaired) electrons. The Kier molecular flexibility index (Phi) is 4.45. The van der Waals surface area contributed by atoms with E-state index in [1.54, 1.807) is 11.8 Å². The average molecular weight is 164 g/mol. The molecular weight excluding hydrogens is 150 g/mol. The Morgan fingerprint density at radius 1 is 1.50 bits per heavy atom. The Balaban J connectivity index is 3.89. The fourth-order valence-electron chi connectivity index (χ4n) is 0.787. The second kappa shape index (κ2) is 4.56. The van der Waals surface area contributed by atoms with Gasteiger partial charge in [-0.3, -0.25) is 4.79 Å². The van der Waals surface area contributed by atoms with Crippen LogP contribution in [0.3, 0.4) is 0 Å². The van der Waals surface area contributed by atoms with Gasteiger partial charge in [-0.25, -0.2) is 0 Å². The van der Waals surface area contributed by atoms with Gasteiger partial charge < -0.3 is 4.90 Å². The third-order valence-electron chi connectivity index (χ3n) is 1.42. The smallest absolute Gasteiger partial charge is 0.240 e. The maximum absolute atomic E-state index is 11.1. The van der Waals surface area contributed by atoms with E-state index in [1.165, 1.54) is 0 Å². The summed E-state index contributed by atoms with van der Waals surface area (Å²) < 4.78 is 0. The molecule has 1 atom stereocenters. The number of carbonyl (C=O) groups excluding carboxylic acids is 1. The molecule has 1 amide bonds. The van der Waals surface area contributed by atoms with E-state index in [0.717, 1.165) is 13.1 Å². The average Bonchev–Trinajstić information content (AvgIpc) is 1.90. The zero-order valence-electron chi connectivity index (χ0n) is 6.72. The van der Waals surface area contributed by atoms with E-state index >= 15 is 0 Å². The summed E-state index contributed by atoms with van der Waals surface area (Å²) in [7, 11) is 0. The fraction of sp³-hybridized carbons (Fsp3) is 0.857. The van der Waals surface area contributed by atoms with Crippen molar-refractivity contribution in [2.45, 2.75) is 26.1 Å². The summed E-state index contributed by atoms with van der Waals surface area (Å²) in [6.45, 7) is 7.07. The van der Waals surface area contributed by atoms with Crippen LogP contribution in [0.25, 0.3) is 0 Å². The first kappa shape index (κ1) is 9.76. The molecule has 0 aliphatic carbocycles. The van der Waals surface area contributed by atoms with E-state index in [-0.39, 0.29) is 11.3 Å². The third kappa shape index (κ3) is 2.56. The van der Waals surface area contributed by atoms with Crippen molar-refractivity contribution in [2.24, 2.45) is 0 Å². The van der Waals surface area contributed by atoms with Crippen molar-refractivity contribution in [2.75, 3.05) is 13.1 Å². The summed E-state index contributed by atoms with van der Waals surface area (Å²) in [6, 6.07) is 0. The number of nitrogens with zero attached hydrogens (tertiary/aromatic N) is 1. The van der Waals surface area contributed by atoms with Gasteiger partial charge in [-0.15, -0.1) is 11.6 Å². The number of amides is 1. The number of hydrogen-bond acceptors (Lipinski definition) is 1. The molecule has 0 saturated heterocycles. The topological polar surface area (TPSA) is 20.3 Å². The van der Waals surface area contributed by atoms with E-state index in [4.69, 9.17) is 11.6 Å². The summed E-state index contributed by atoms with van der Waals surface area (Å²) >= 11 is 5.59. The highest BCUT2D eigenvalue weighted by Gasteiger charge is 2.14. The summed E-state index contributed by atoms with van der Waals surface area (Å²) in [5, 5.41) is -0.389. The Morgan fingerprint density at radius 3 is 2.00 bits per heavy atom. The van der Waals surface area contributed by atoms with Crippen molar-refractivity contribution in [1.82, 2.24) is 4.90 Å². The van der Waals surface area contributed by atoms with Crippen LogP contribution in [0.15, 0.2) is 0 Å². The zero-order chi connectivity index (χ0) is 8.15. The van der Waals surface area contributed by atoms with Crippen molar-refractivity contribution in [3.8, 4) is 0 Å². The summed E-state index contributed by atoms with van der Waals surface area (Å²) in [4.78, 5) is 12.8. The molecule has 0 rings (SSSR count). The number of rotatable bonds is 3. The van der Waals surface area contributed by atoms with E-state index in [1.807, 2.05) is 13.8 Å². The van der Waals surface area contributed by atoms with Crippen LogP contribution in [0.2, 0.25) is 0 Å². The van der Waals surface area contributed by atoms with Gasteiger partial charge in [0.15, 0.2) is 0 Å². The highest BCUT2D eigenvalue weighted by atomic mass is 35.5. The van der Waals surface area contributed by atoms with Gasteiger partial charge in [-0.1, -0.05) is 0 Å². The van der Waals surface area contributed by atoms with Crippen LogP contribution in [-0.4, -0.2) is 29.3 Å². The highest BCUT2D eigenvalue weighted by Crippen LogP contribution is 2.00. The van der Waals surface area contributed by atoms with Gasteiger partial charge in [0.25, 0.3) is 0 Å². The second-order valence-corrected chi connectivity index (χ2v) is 2.78. The lowest BCUT2D eigenvalue weighted by molar-refractivity contribution is -0.130. The molecule has 0 aliphatic heterocycles. The number of halogens is 1. The molecular formula is C7H14ClNO. The molecule has 0 bridgehead atoms. The SMILES string of the molecule is CCN(CC)C(=O)[C@@H](C)Cl. The van der Waals surface area contributed by atoms with Gasteiger partial charge in [0.2, 0.25) is 5.91 Å². The molecule has 0 unspecified atom stereocenters. The van der Waals surface area contributed by atoms with Crippen molar-refractivity contribution in [1.29, 1.82) is 0 Å². The van der Waals surface area contributed by atoms with Crippen LogP contribution >= 0.6 is 11.6 Å². The quantitative estimate of drug-likeness (QED) is 0.578. The largest absolute Gasteiger partial charge is 0.342 e. The molecule has 0 aromatic rings. The molecule has 0 heterocycles. The predicted molar refractivity (Wildman–Crippen MR) is 43.2 cm³/mol. The van der Waals surface area contributed by atoms with E-state index < -0.39 is 0 Å². The maximum atomic E-state index is 11.1. The molecule has 0 saturated carbocycles. The first-order valence-electron chi connectivity index (χ1n) is 3.56. The normalized spacial score (nSPS) is 12.8. The van der Waals surface area contributed by atoms with Crippen molar-refractivity contribution in [3.63, 3.8) is 0 Å². The summed E-state index contributed by atoms with van der Waals surface area (Å²) in [5.41, 5.74) is 0. The van der Waals surface area contributed by atoms with Crippen LogP contribution in [-0.2, 0) is 4.79 Å². The molecule has 0 aliphatic rings. The molecule has 2 nitrogen and oxygen atoms in total. The molecule has 0 spiro atoms. The van der Waals surface area contributed by atoms with Gasteiger partial charge in [0.05, 0.1) is 0 Å². The lowest BCUT2D eigenvalue weighted by Crippen LogP contribution is -2.35. The Bertz CT molecular complexity index is 110. The van der Waals surface area contributed by atoms with E-state index in [0.29, 0.717) is 0 Å². The Hall–Kier alpha value is -0.240. The molecule has 0 aromatic carbocycles. The fourth-order valence-corrected chi connectivity index (χ4v) is 0.925. The van der Waals surface area contributed by atoms with E-state index in [9.17, 15) is 4.79 Å². The number of carbonyl (C=O) groups is 1. The summed E-state index contributed by atoms with van der Waals surface area (Å²) in [6.07, 6.45) is 0. The maximum Gasteiger partial charge on any atom is 0.240 e. The van der Waals surface area contributed by atoms with Gasteiger partial charge in [-0.05, 0) is 20.8 Å². The van der Waals surface area contributed by atoms with Crippen molar-refractivity contribution < 1.29 is 4.79 Å². The minimum atomic E-state index is -0.389. The van der Waals surface area contributed by atoms with Crippen LogP contribution in [0.1, 0.15) is 20.8 Å². The van der Waals surface area contributed by atoms with E-state index in [2.05, 4.69) is 0 Å². The number of hydrogen-bond donors (Lipinski definition) is 0. The minimum Gasteiger partial charge on any atom is -0.342 e. The van der Waals surface area contributed by atoms with Gasteiger partial charge in [0, 0.05) is 13.1 Å². The molecule has 0 N–H and O–H groups in total. The highest BCUT2D eigenvalue weighted by molar-refractivity contribution is 6.30. The summed E-state index contributed by atoms with van der Waals surface area (Å²) in [5.74, 6) is 0.0201. The monoisotopic (exact) mass is 163 g/mol. The zero-order valence-corrected chi connectivity index (χ0v) is 7.48. The molecule has 60 valence electrons. The van der Waals surface area contributed by atoms with Gasteiger partial charge in [-0.2, -0.15) is 0 Å². The minimum absolute atomic E-state index is 0.0201. The standard InChI is InChI=1S/C7H14ClNO/c1-4-9(5-2)7(10)6(3)8/h6H,4-5H2,1-3H3/t6-/m1/s1. The van der Waals surface area contributed by atoms with Gasteiger partial charge in [0.1, 0.15) is 5.38 Å². The predicted octanol–water partition coefficient (Wildman–Crippen LogP) is 1.48. The van der Waals surface area contributed by atoms with Crippen molar-refractivity contribution >= 4 is 17.5 Å². The molecule has 0 aromatic heterocycles. The number of alkyl halides is 1. The first-order valence-corrected chi connectivity index (χ1v) is 4.00. The molecule has 10 heavy (non-hydrogen) atoms. The Labute approximate surface area is 67.2 Å². The van der Waals surface area contributed by atoms with Crippen LogP contribution in [0.5, 0.6) is 0 Å².